The Morgan fingerprint density at radius 2 is 2.16 bits per heavy atom. The van der Waals surface area contributed by atoms with Gasteiger partial charge >= 0.3 is 0 Å². The molecule has 2 rings (SSSR count). The molecule has 1 N–H and O–H groups in total. The van der Waals surface area contributed by atoms with Crippen molar-refractivity contribution < 1.29 is 0 Å². The minimum absolute atomic E-state index is 0.466. The molecule has 0 amide bonds. The zero-order chi connectivity index (χ0) is 13.7. The number of nitrogens with one attached hydrogen (secondary N) is 1. The van der Waals surface area contributed by atoms with Gasteiger partial charge in [-0.3, -0.25) is 0 Å². The lowest BCUT2D eigenvalue weighted by Crippen LogP contribution is -2.15. The Morgan fingerprint density at radius 1 is 1.32 bits per heavy atom. The number of halogens is 1. The van der Waals surface area contributed by atoms with Crippen molar-refractivity contribution in [3.63, 3.8) is 0 Å². The highest BCUT2D eigenvalue weighted by Gasteiger charge is 2.09. The molecule has 2 nitrogen and oxygen atoms in total. The molecule has 3 heteroatoms. The van der Waals surface area contributed by atoms with Crippen molar-refractivity contribution in [1.29, 1.82) is 0 Å². The van der Waals surface area contributed by atoms with E-state index in [4.69, 9.17) is 0 Å². The van der Waals surface area contributed by atoms with Crippen LogP contribution in [0.2, 0.25) is 0 Å². The summed E-state index contributed by atoms with van der Waals surface area (Å²) in [4.78, 5) is 0. The van der Waals surface area contributed by atoms with Crippen molar-refractivity contribution in [2.24, 2.45) is 0 Å². The van der Waals surface area contributed by atoms with Crippen LogP contribution in [0.5, 0.6) is 0 Å². The van der Waals surface area contributed by atoms with Gasteiger partial charge in [0.2, 0.25) is 0 Å². The minimum atomic E-state index is 0.466. The Labute approximate surface area is 124 Å². The van der Waals surface area contributed by atoms with E-state index in [9.17, 15) is 0 Å². The van der Waals surface area contributed by atoms with Crippen molar-refractivity contribution in [3.05, 3.63) is 58.3 Å². The predicted molar refractivity (Wildman–Crippen MR) is 84.4 cm³/mol. The molecule has 2 aromatic rings. The standard InChI is InChI=1S/C16H21BrN2/c1-3-5-16(18-2)14-8-9-19(12-14)11-13-6-4-7-15(17)10-13/h4,6-10,12,16,18H,3,5,11H2,1-2H3. The van der Waals surface area contributed by atoms with Gasteiger partial charge in [0.1, 0.15) is 0 Å². The van der Waals surface area contributed by atoms with Crippen molar-refractivity contribution >= 4 is 15.9 Å². The second kappa shape index (κ2) is 6.92. The minimum Gasteiger partial charge on any atom is -0.350 e. The van der Waals surface area contributed by atoms with E-state index in [0.29, 0.717) is 6.04 Å². The Balaban J connectivity index is 2.08. The third-order valence-corrected chi connectivity index (χ3v) is 3.85. The summed E-state index contributed by atoms with van der Waals surface area (Å²) in [6.45, 7) is 3.14. The van der Waals surface area contributed by atoms with Crippen LogP contribution >= 0.6 is 15.9 Å². The van der Waals surface area contributed by atoms with Crippen molar-refractivity contribution in [1.82, 2.24) is 9.88 Å². The molecule has 102 valence electrons. The van der Waals surface area contributed by atoms with E-state index in [2.05, 4.69) is 75.5 Å². The van der Waals surface area contributed by atoms with Crippen molar-refractivity contribution in [2.75, 3.05) is 7.05 Å². The summed E-state index contributed by atoms with van der Waals surface area (Å²) in [6.07, 6.45) is 6.79. The van der Waals surface area contributed by atoms with Crippen LogP contribution in [0.25, 0.3) is 0 Å². The number of nitrogens with zero attached hydrogens (tertiary/aromatic N) is 1. The fourth-order valence-electron chi connectivity index (χ4n) is 2.38. The quantitative estimate of drug-likeness (QED) is 0.836. The first-order valence-electron chi connectivity index (χ1n) is 6.80. The third kappa shape index (κ3) is 3.95. The molecule has 0 fully saturated rings. The van der Waals surface area contributed by atoms with Gasteiger partial charge in [-0.05, 0) is 42.8 Å². The van der Waals surface area contributed by atoms with Crippen LogP contribution < -0.4 is 5.32 Å². The Bertz CT molecular complexity index is 519. The van der Waals surface area contributed by atoms with E-state index in [1.165, 1.54) is 24.0 Å². The van der Waals surface area contributed by atoms with E-state index in [1.807, 2.05) is 7.05 Å². The van der Waals surface area contributed by atoms with Crippen LogP contribution in [0.4, 0.5) is 0 Å². The topological polar surface area (TPSA) is 17.0 Å². The molecular weight excluding hydrogens is 300 g/mol. The van der Waals surface area contributed by atoms with E-state index in [0.717, 1.165) is 11.0 Å². The van der Waals surface area contributed by atoms with Gasteiger partial charge < -0.3 is 9.88 Å². The molecule has 0 radical (unpaired) electrons. The van der Waals surface area contributed by atoms with Crippen LogP contribution in [-0.2, 0) is 6.54 Å². The molecule has 0 bridgehead atoms. The molecule has 0 saturated carbocycles. The Morgan fingerprint density at radius 3 is 2.84 bits per heavy atom. The Hall–Kier alpha value is -1.06. The van der Waals surface area contributed by atoms with Gasteiger partial charge in [0.25, 0.3) is 0 Å². The maximum absolute atomic E-state index is 3.52. The summed E-state index contributed by atoms with van der Waals surface area (Å²) in [6, 6.07) is 11.1. The number of rotatable bonds is 6. The summed E-state index contributed by atoms with van der Waals surface area (Å²) in [5.41, 5.74) is 2.69. The highest BCUT2D eigenvalue weighted by molar-refractivity contribution is 9.10. The number of hydrogen-bond acceptors (Lipinski definition) is 1. The van der Waals surface area contributed by atoms with E-state index in [1.54, 1.807) is 0 Å². The van der Waals surface area contributed by atoms with Crippen LogP contribution in [0.15, 0.2) is 47.2 Å². The lowest BCUT2D eigenvalue weighted by molar-refractivity contribution is 0.540. The first kappa shape index (κ1) is 14.4. The van der Waals surface area contributed by atoms with Crippen LogP contribution in [-0.4, -0.2) is 11.6 Å². The van der Waals surface area contributed by atoms with E-state index >= 15 is 0 Å². The maximum atomic E-state index is 3.52. The highest BCUT2D eigenvalue weighted by atomic mass is 79.9. The molecule has 0 aliphatic carbocycles. The van der Waals surface area contributed by atoms with Crippen LogP contribution in [0.3, 0.4) is 0 Å². The summed E-state index contributed by atoms with van der Waals surface area (Å²) >= 11 is 3.52. The molecule has 1 atom stereocenters. The molecule has 1 unspecified atom stereocenters. The lowest BCUT2D eigenvalue weighted by Gasteiger charge is -2.13. The smallest absolute Gasteiger partial charge is 0.0470 e. The monoisotopic (exact) mass is 320 g/mol. The molecule has 0 aliphatic rings. The lowest BCUT2D eigenvalue weighted by atomic mass is 10.1. The average molecular weight is 321 g/mol. The summed E-state index contributed by atoms with van der Waals surface area (Å²) in [5.74, 6) is 0. The molecule has 1 heterocycles. The van der Waals surface area contributed by atoms with E-state index < -0.39 is 0 Å². The Kier molecular flexibility index (Phi) is 5.23. The first-order chi connectivity index (χ1) is 9.22. The summed E-state index contributed by atoms with van der Waals surface area (Å²) in [7, 11) is 2.03. The zero-order valence-electron chi connectivity index (χ0n) is 11.6. The summed E-state index contributed by atoms with van der Waals surface area (Å²) in [5, 5.41) is 3.38. The van der Waals surface area contributed by atoms with Crippen LogP contribution in [0.1, 0.15) is 36.9 Å². The van der Waals surface area contributed by atoms with Gasteiger partial charge in [0, 0.05) is 29.5 Å². The average Bonchev–Trinajstić information content (AvgIpc) is 2.84. The van der Waals surface area contributed by atoms with Crippen LogP contribution in [0, 0.1) is 0 Å². The zero-order valence-corrected chi connectivity index (χ0v) is 13.2. The number of benzene rings is 1. The second-order valence-corrected chi connectivity index (χ2v) is 5.79. The first-order valence-corrected chi connectivity index (χ1v) is 7.59. The highest BCUT2D eigenvalue weighted by Crippen LogP contribution is 2.19. The number of aromatic nitrogens is 1. The van der Waals surface area contributed by atoms with Gasteiger partial charge in [-0.25, -0.2) is 0 Å². The van der Waals surface area contributed by atoms with Crippen molar-refractivity contribution in [3.8, 4) is 0 Å². The SMILES string of the molecule is CCCC(NC)c1ccn(Cc2cccc(Br)c2)c1. The van der Waals surface area contributed by atoms with Gasteiger partial charge in [-0.2, -0.15) is 0 Å². The van der Waals surface area contributed by atoms with Crippen molar-refractivity contribution in [2.45, 2.75) is 32.4 Å². The molecule has 0 aliphatic heterocycles. The molecule has 1 aromatic heterocycles. The normalized spacial score (nSPS) is 12.6. The van der Waals surface area contributed by atoms with Gasteiger partial charge in [-0.1, -0.05) is 41.4 Å². The predicted octanol–water partition coefficient (Wildman–Crippen LogP) is 4.36. The molecule has 1 aromatic carbocycles. The van der Waals surface area contributed by atoms with Gasteiger partial charge in [0.05, 0.1) is 0 Å². The molecule has 0 spiro atoms. The third-order valence-electron chi connectivity index (χ3n) is 3.36. The van der Waals surface area contributed by atoms with E-state index in [-0.39, 0.29) is 0 Å². The number of hydrogen-bond donors (Lipinski definition) is 1. The molecular formula is C16H21BrN2. The second-order valence-electron chi connectivity index (χ2n) is 4.88. The van der Waals surface area contributed by atoms with Gasteiger partial charge in [0.15, 0.2) is 0 Å². The summed E-state index contributed by atoms with van der Waals surface area (Å²) < 4.78 is 3.38. The van der Waals surface area contributed by atoms with Gasteiger partial charge in [-0.15, -0.1) is 0 Å². The fourth-order valence-corrected chi connectivity index (χ4v) is 2.82. The largest absolute Gasteiger partial charge is 0.350 e. The molecule has 0 saturated heterocycles. The fraction of sp³-hybridized carbons (Fsp3) is 0.375. The maximum Gasteiger partial charge on any atom is 0.0470 e. The molecule has 19 heavy (non-hydrogen) atoms.